The molecule has 1 heterocycles. The molecule has 2 rings (SSSR count). The molecule has 76 valence electrons. The quantitative estimate of drug-likeness (QED) is 0.761. The van der Waals surface area contributed by atoms with Crippen LogP contribution in [-0.2, 0) is 18.3 Å². The molecule has 1 aromatic rings. The number of hydrogen-bond donors (Lipinski definition) is 1. The van der Waals surface area contributed by atoms with Crippen LogP contribution in [0.3, 0.4) is 0 Å². The molecule has 0 bridgehead atoms. The molecule has 0 radical (unpaired) electrons. The molecule has 1 aromatic heterocycles. The van der Waals surface area contributed by atoms with Gasteiger partial charge in [0.05, 0.1) is 0 Å². The minimum Gasteiger partial charge on any atom is -0.357 e. The van der Waals surface area contributed by atoms with E-state index in [4.69, 9.17) is 0 Å². The van der Waals surface area contributed by atoms with Crippen LogP contribution in [0.2, 0.25) is 0 Å². The first-order valence-corrected chi connectivity index (χ1v) is 5.14. The summed E-state index contributed by atoms with van der Waals surface area (Å²) < 4.78 is 2.03. The van der Waals surface area contributed by atoms with Crippen molar-refractivity contribution >= 4 is 5.91 Å². The van der Waals surface area contributed by atoms with Crippen molar-refractivity contribution in [3.63, 3.8) is 0 Å². The Morgan fingerprint density at radius 2 is 2.43 bits per heavy atom. The van der Waals surface area contributed by atoms with Crippen molar-refractivity contribution in [1.29, 1.82) is 0 Å². The summed E-state index contributed by atoms with van der Waals surface area (Å²) in [7, 11) is 2.01. The van der Waals surface area contributed by atoms with Gasteiger partial charge in [-0.2, -0.15) is 0 Å². The van der Waals surface area contributed by atoms with Crippen molar-refractivity contribution in [3.05, 3.63) is 24.0 Å². The Kier molecular flexibility index (Phi) is 2.57. The lowest BCUT2D eigenvalue weighted by Crippen LogP contribution is -2.26. The minimum absolute atomic E-state index is 0.237. The number of hydrogen-bond acceptors (Lipinski definition) is 1. The fraction of sp³-hybridized carbons (Fsp3) is 0.545. The molecule has 1 saturated carbocycles. The zero-order valence-corrected chi connectivity index (χ0v) is 8.49. The van der Waals surface area contributed by atoms with Crippen molar-refractivity contribution in [2.24, 2.45) is 13.0 Å². The third kappa shape index (κ3) is 2.37. The van der Waals surface area contributed by atoms with Gasteiger partial charge >= 0.3 is 0 Å². The van der Waals surface area contributed by atoms with Crippen LogP contribution >= 0.6 is 0 Å². The second kappa shape index (κ2) is 3.86. The highest BCUT2D eigenvalue weighted by molar-refractivity contribution is 5.80. The van der Waals surface area contributed by atoms with E-state index in [1.807, 2.05) is 17.8 Å². The van der Waals surface area contributed by atoms with Crippen molar-refractivity contribution in [3.8, 4) is 0 Å². The minimum atomic E-state index is 0.237. The highest BCUT2D eigenvalue weighted by Gasteiger charge is 2.28. The Balaban J connectivity index is 1.69. The van der Waals surface area contributed by atoms with E-state index in [9.17, 15) is 4.79 Å². The highest BCUT2D eigenvalue weighted by atomic mass is 16.2. The van der Waals surface area contributed by atoms with E-state index in [-0.39, 0.29) is 5.91 Å². The number of nitrogens with zero attached hydrogens (tertiary/aromatic N) is 1. The maximum absolute atomic E-state index is 11.3. The van der Waals surface area contributed by atoms with Gasteiger partial charge in [0.1, 0.15) is 0 Å². The monoisotopic (exact) mass is 192 g/mol. The first kappa shape index (κ1) is 9.31. The van der Waals surface area contributed by atoms with Gasteiger partial charge in [-0.25, -0.2) is 0 Å². The second-order valence-electron chi connectivity index (χ2n) is 4.00. The molecule has 0 aliphatic heterocycles. The lowest BCUT2D eigenvalue weighted by atomic mass is 10.2. The summed E-state index contributed by atoms with van der Waals surface area (Å²) in [6.07, 6.45) is 7.20. The fourth-order valence-electron chi connectivity index (χ4n) is 1.53. The maximum Gasteiger partial charge on any atom is 0.223 e. The van der Waals surface area contributed by atoms with Gasteiger partial charge in [0, 0.05) is 31.9 Å². The van der Waals surface area contributed by atoms with Crippen molar-refractivity contribution in [1.82, 2.24) is 9.88 Å². The number of nitrogens with one attached hydrogen (secondary N) is 1. The number of carbonyl (C=O) groups is 1. The third-order valence-corrected chi connectivity index (χ3v) is 2.55. The van der Waals surface area contributed by atoms with E-state index < -0.39 is 0 Å². The van der Waals surface area contributed by atoms with E-state index in [1.165, 1.54) is 5.56 Å². The molecule has 0 spiro atoms. The Morgan fingerprint density at radius 1 is 1.64 bits per heavy atom. The van der Waals surface area contributed by atoms with Crippen LogP contribution < -0.4 is 5.32 Å². The standard InChI is InChI=1S/C11H16N2O/c1-13-7-5-9(8-13)4-6-12-11(14)10-2-3-10/h5,7-8,10H,2-4,6H2,1H3,(H,12,14). The molecule has 1 N–H and O–H groups in total. The summed E-state index contributed by atoms with van der Waals surface area (Å²) in [6.45, 7) is 0.763. The molecular weight excluding hydrogens is 176 g/mol. The van der Waals surface area contributed by atoms with E-state index in [0.717, 1.165) is 25.8 Å². The van der Waals surface area contributed by atoms with E-state index in [1.54, 1.807) is 0 Å². The molecule has 0 atom stereocenters. The molecule has 3 nitrogen and oxygen atoms in total. The first-order chi connectivity index (χ1) is 6.75. The van der Waals surface area contributed by atoms with E-state index >= 15 is 0 Å². The molecule has 0 saturated heterocycles. The van der Waals surface area contributed by atoms with Gasteiger partial charge in [0.25, 0.3) is 0 Å². The smallest absolute Gasteiger partial charge is 0.223 e. The van der Waals surface area contributed by atoms with Gasteiger partial charge in [0.2, 0.25) is 5.91 Å². The Hall–Kier alpha value is -1.25. The Bertz CT molecular complexity index is 326. The number of amides is 1. The maximum atomic E-state index is 11.3. The van der Waals surface area contributed by atoms with E-state index in [0.29, 0.717) is 5.92 Å². The molecule has 1 amide bonds. The van der Waals surface area contributed by atoms with Crippen LogP contribution in [-0.4, -0.2) is 17.0 Å². The van der Waals surface area contributed by atoms with Gasteiger partial charge in [-0.3, -0.25) is 4.79 Å². The van der Waals surface area contributed by atoms with Crippen molar-refractivity contribution in [2.45, 2.75) is 19.3 Å². The number of aryl methyl sites for hydroxylation is 1. The topological polar surface area (TPSA) is 34.0 Å². The van der Waals surface area contributed by atoms with Crippen molar-refractivity contribution < 1.29 is 4.79 Å². The fourth-order valence-corrected chi connectivity index (χ4v) is 1.53. The Labute approximate surface area is 84.1 Å². The van der Waals surface area contributed by atoms with E-state index in [2.05, 4.69) is 17.6 Å². The lowest BCUT2D eigenvalue weighted by Gasteiger charge is -2.02. The first-order valence-electron chi connectivity index (χ1n) is 5.14. The van der Waals surface area contributed by atoms with Crippen LogP contribution in [0, 0.1) is 5.92 Å². The normalized spacial score (nSPS) is 15.5. The number of rotatable bonds is 4. The van der Waals surface area contributed by atoms with Gasteiger partial charge in [-0.1, -0.05) is 0 Å². The summed E-state index contributed by atoms with van der Waals surface area (Å²) in [6, 6.07) is 2.09. The molecular formula is C11H16N2O. The predicted molar refractivity (Wildman–Crippen MR) is 54.9 cm³/mol. The van der Waals surface area contributed by atoms with Gasteiger partial charge in [0.15, 0.2) is 0 Å². The van der Waals surface area contributed by atoms with Crippen LogP contribution in [0.5, 0.6) is 0 Å². The van der Waals surface area contributed by atoms with Crippen LogP contribution in [0.1, 0.15) is 18.4 Å². The molecule has 1 fully saturated rings. The Morgan fingerprint density at radius 3 is 3.00 bits per heavy atom. The van der Waals surface area contributed by atoms with Gasteiger partial charge in [-0.05, 0) is 30.9 Å². The van der Waals surface area contributed by atoms with Crippen molar-refractivity contribution in [2.75, 3.05) is 6.54 Å². The average molecular weight is 192 g/mol. The summed E-state index contributed by atoms with van der Waals surface area (Å²) >= 11 is 0. The predicted octanol–water partition coefficient (Wildman–Crippen LogP) is 1.09. The van der Waals surface area contributed by atoms with Gasteiger partial charge in [-0.15, -0.1) is 0 Å². The van der Waals surface area contributed by atoms with Crippen LogP contribution in [0.15, 0.2) is 18.5 Å². The summed E-state index contributed by atoms with van der Waals surface area (Å²) in [4.78, 5) is 11.3. The van der Waals surface area contributed by atoms with Crippen LogP contribution in [0.25, 0.3) is 0 Å². The molecule has 1 aliphatic carbocycles. The molecule has 3 heteroatoms. The second-order valence-corrected chi connectivity index (χ2v) is 4.00. The van der Waals surface area contributed by atoms with Crippen LogP contribution in [0.4, 0.5) is 0 Å². The summed E-state index contributed by atoms with van der Waals surface area (Å²) in [5.74, 6) is 0.562. The molecule has 14 heavy (non-hydrogen) atoms. The SMILES string of the molecule is Cn1ccc(CCNC(=O)C2CC2)c1. The molecule has 1 aliphatic rings. The lowest BCUT2D eigenvalue weighted by molar-refractivity contribution is -0.122. The zero-order valence-electron chi connectivity index (χ0n) is 8.49. The average Bonchev–Trinajstić information content (AvgIpc) is 2.92. The number of carbonyl (C=O) groups excluding carboxylic acids is 1. The third-order valence-electron chi connectivity index (χ3n) is 2.55. The summed E-state index contributed by atoms with van der Waals surface area (Å²) in [5, 5.41) is 2.95. The summed E-state index contributed by atoms with van der Waals surface area (Å²) in [5.41, 5.74) is 1.28. The molecule has 0 aromatic carbocycles. The number of aromatic nitrogens is 1. The largest absolute Gasteiger partial charge is 0.357 e. The zero-order chi connectivity index (χ0) is 9.97. The molecule has 0 unspecified atom stereocenters. The highest BCUT2D eigenvalue weighted by Crippen LogP contribution is 2.28. The van der Waals surface area contributed by atoms with Gasteiger partial charge < -0.3 is 9.88 Å².